The van der Waals surface area contributed by atoms with E-state index in [1.54, 1.807) is 23.1 Å². The number of anilines is 1. The smallest absolute Gasteiger partial charge is 0.246 e. The molecule has 4 amide bonds. The minimum absolute atomic E-state index is 0.0182. The molecule has 0 saturated carbocycles. The van der Waals surface area contributed by atoms with Crippen molar-refractivity contribution in [2.75, 3.05) is 25.0 Å². The molecule has 4 rings (SSSR count). The number of nitrogens with zero attached hydrogens (tertiary/aromatic N) is 2. The van der Waals surface area contributed by atoms with Crippen LogP contribution in [0.1, 0.15) is 62.6 Å². The lowest BCUT2D eigenvalue weighted by atomic mass is 9.84. The Morgan fingerprint density at radius 3 is 2.48 bits per heavy atom. The van der Waals surface area contributed by atoms with Gasteiger partial charge in [-0.15, -0.1) is 0 Å². The van der Waals surface area contributed by atoms with Crippen molar-refractivity contribution in [1.29, 1.82) is 0 Å². The third-order valence-corrected chi connectivity index (χ3v) is 8.62. The molecule has 2 atom stereocenters. The summed E-state index contributed by atoms with van der Waals surface area (Å²) in [5.41, 5.74) is 9.17. The molecular formula is C32H42ClN5O4. The Labute approximate surface area is 253 Å². The Balaban J connectivity index is 1.46. The van der Waals surface area contributed by atoms with Crippen LogP contribution in [0, 0.1) is 12.3 Å². The van der Waals surface area contributed by atoms with Crippen molar-refractivity contribution in [3.05, 3.63) is 64.2 Å². The topological polar surface area (TPSA) is 125 Å². The van der Waals surface area contributed by atoms with Crippen LogP contribution in [0.3, 0.4) is 0 Å². The molecule has 226 valence electrons. The maximum absolute atomic E-state index is 13.7. The summed E-state index contributed by atoms with van der Waals surface area (Å²) in [6.45, 7) is 7.98. The summed E-state index contributed by atoms with van der Waals surface area (Å²) >= 11 is 6.11. The quantitative estimate of drug-likeness (QED) is 0.407. The summed E-state index contributed by atoms with van der Waals surface area (Å²) in [4.78, 5) is 56.8. The number of nitrogens with one attached hydrogen (secondary N) is 2. The largest absolute Gasteiger partial charge is 0.342 e. The third kappa shape index (κ3) is 7.89. The number of halogens is 1. The van der Waals surface area contributed by atoms with Crippen molar-refractivity contribution in [3.8, 4) is 0 Å². The van der Waals surface area contributed by atoms with Crippen LogP contribution in [-0.2, 0) is 32.1 Å². The van der Waals surface area contributed by atoms with Gasteiger partial charge in [-0.25, -0.2) is 0 Å². The van der Waals surface area contributed by atoms with Gasteiger partial charge in [-0.3, -0.25) is 19.2 Å². The van der Waals surface area contributed by atoms with Crippen molar-refractivity contribution in [3.63, 3.8) is 0 Å². The second-order valence-electron chi connectivity index (χ2n) is 12.2. The molecule has 2 heterocycles. The van der Waals surface area contributed by atoms with Crippen LogP contribution in [-0.4, -0.2) is 65.1 Å². The predicted octanol–water partition coefficient (Wildman–Crippen LogP) is 3.80. The predicted molar refractivity (Wildman–Crippen MR) is 164 cm³/mol. The molecule has 1 fully saturated rings. The highest BCUT2D eigenvalue weighted by Gasteiger charge is 2.37. The zero-order valence-electron chi connectivity index (χ0n) is 24.7. The Morgan fingerprint density at radius 1 is 1.07 bits per heavy atom. The molecule has 0 aliphatic carbocycles. The summed E-state index contributed by atoms with van der Waals surface area (Å²) in [6, 6.07) is 11.1. The van der Waals surface area contributed by atoms with E-state index in [1.807, 2.05) is 36.1 Å². The molecule has 10 heteroatoms. The van der Waals surface area contributed by atoms with Gasteiger partial charge in [0, 0.05) is 49.6 Å². The number of carbonyl (C=O) groups excluding carboxylic acids is 4. The highest BCUT2D eigenvalue weighted by molar-refractivity contribution is 6.31. The molecule has 1 saturated heterocycles. The van der Waals surface area contributed by atoms with E-state index in [0.717, 1.165) is 29.5 Å². The van der Waals surface area contributed by atoms with Crippen molar-refractivity contribution >= 4 is 40.9 Å². The van der Waals surface area contributed by atoms with E-state index >= 15 is 0 Å². The van der Waals surface area contributed by atoms with Crippen molar-refractivity contribution in [1.82, 2.24) is 15.1 Å². The van der Waals surface area contributed by atoms with Crippen LogP contribution in [0.2, 0.25) is 5.02 Å². The van der Waals surface area contributed by atoms with Gasteiger partial charge in [0.15, 0.2) is 0 Å². The van der Waals surface area contributed by atoms with E-state index < -0.39 is 23.9 Å². The van der Waals surface area contributed by atoms with Crippen molar-refractivity contribution in [2.24, 2.45) is 11.1 Å². The Kier molecular flexibility index (Phi) is 10.3. The molecule has 9 nitrogen and oxygen atoms in total. The molecule has 0 spiro atoms. The number of piperidine rings is 1. The first-order valence-corrected chi connectivity index (χ1v) is 15.1. The van der Waals surface area contributed by atoms with Gasteiger partial charge in [0.2, 0.25) is 23.6 Å². The number of carbonyl (C=O) groups is 4. The summed E-state index contributed by atoms with van der Waals surface area (Å²) in [6.07, 6.45) is 2.68. The number of likely N-dealkylation sites (tertiary alicyclic amines) is 1. The van der Waals surface area contributed by atoms with E-state index in [9.17, 15) is 19.2 Å². The Morgan fingerprint density at radius 2 is 1.79 bits per heavy atom. The van der Waals surface area contributed by atoms with Gasteiger partial charge in [0.25, 0.3) is 0 Å². The zero-order valence-corrected chi connectivity index (χ0v) is 25.5. The fraction of sp³-hybridized carbons (Fsp3) is 0.500. The van der Waals surface area contributed by atoms with Gasteiger partial charge in [-0.2, -0.15) is 0 Å². The standard InChI is InChI=1S/C32H42ClN5O4/c1-21-17-24(9-10-25(21)33)35-30(41)26(13-15-34)36-31(42)27-18-22-7-4-5-8-23(22)19-38(27)29(40)12-11-28(39)37-16-6-14-32(2,3)20-37/h4-5,7-10,17,26-27H,6,11-16,18-20,34H2,1-3H3,(H,35,41)(H,36,42)/t26-,27-/m0/s1. The van der Waals surface area contributed by atoms with Crippen molar-refractivity contribution in [2.45, 2.75) is 77.9 Å². The first-order valence-electron chi connectivity index (χ1n) is 14.7. The molecule has 2 aliphatic heterocycles. The molecule has 0 aromatic heterocycles. The summed E-state index contributed by atoms with van der Waals surface area (Å²) < 4.78 is 0. The highest BCUT2D eigenvalue weighted by atomic mass is 35.5. The van der Waals surface area contributed by atoms with Crippen LogP contribution < -0.4 is 16.4 Å². The summed E-state index contributed by atoms with van der Waals surface area (Å²) in [5, 5.41) is 6.27. The van der Waals surface area contributed by atoms with Gasteiger partial charge in [-0.05, 0) is 73.0 Å². The molecule has 2 aliphatic rings. The minimum atomic E-state index is -0.892. The number of hydrogen-bond acceptors (Lipinski definition) is 5. The zero-order chi connectivity index (χ0) is 30.4. The summed E-state index contributed by atoms with van der Waals surface area (Å²) in [5.74, 6) is -1.13. The van der Waals surface area contributed by atoms with Crippen LogP contribution in [0.15, 0.2) is 42.5 Å². The van der Waals surface area contributed by atoms with Gasteiger partial charge in [-0.1, -0.05) is 49.7 Å². The minimum Gasteiger partial charge on any atom is -0.342 e. The Hall–Kier alpha value is -3.43. The monoisotopic (exact) mass is 595 g/mol. The lowest BCUT2D eigenvalue weighted by Crippen LogP contribution is -2.56. The van der Waals surface area contributed by atoms with Crippen LogP contribution in [0.25, 0.3) is 0 Å². The fourth-order valence-corrected chi connectivity index (χ4v) is 5.94. The second kappa shape index (κ2) is 13.7. The van der Waals surface area contributed by atoms with Gasteiger partial charge in [0.05, 0.1) is 0 Å². The molecule has 0 radical (unpaired) electrons. The van der Waals surface area contributed by atoms with Crippen LogP contribution in [0.4, 0.5) is 5.69 Å². The van der Waals surface area contributed by atoms with Gasteiger partial charge >= 0.3 is 0 Å². The average Bonchev–Trinajstić information content (AvgIpc) is 2.96. The highest BCUT2D eigenvalue weighted by Crippen LogP contribution is 2.29. The van der Waals surface area contributed by atoms with Gasteiger partial charge in [0.1, 0.15) is 12.1 Å². The third-order valence-electron chi connectivity index (χ3n) is 8.19. The normalized spacial score (nSPS) is 18.5. The molecule has 4 N–H and O–H groups in total. The fourth-order valence-electron chi connectivity index (χ4n) is 5.83. The summed E-state index contributed by atoms with van der Waals surface area (Å²) in [7, 11) is 0. The van der Waals surface area contributed by atoms with E-state index in [0.29, 0.717) is 30.2 Å². The van der Waals surface area contributed by atoms with Crippen molar-refractivity contribution < 1.29 is 19.2 Å². The molecule has 2 aromatic carbocycles. The molecular weight excluding hydrogens is 554 g/mol. The maximum atomic E-state index is 13.7. The van der Waals surface area contributed by atoms with E-state index in [4.69, 9.17) is 17.3 Å². The van der Waals surface area contributed by atoms with E-state index in [1.165, 1.54) is 0 Å². The molecule has 0 bridgehead atoms. The number of amides is 4. The van der Waals surface area contributed by atoms with E-state index in [-0.39, 0.29) is 49.6 Å². The average molecular weight is 596 g/mol. The lowest BCUT2D eigenvalue weighted by Gasteiger charge is -2.38. The SMILES string of the molecule is Cc1cc(NC(=O)[C@H](CCN)NC(=O)[C@@H]2Cc3ccccc3CN2C(=O)CCC(=O)N2CCCC(C)(C)C2)ccc1Cl. The van der Waals surface area contributed by atoms with Gasteiger partial charge < -0.3 is 26.2 Å². The molecule has 0 unspecified atom stereocenters. The number of hydrogen-bond donors (Lipinski definition) is 3. The van der Waals surface area contributed by atoms with Crippen LogP contribution in [0.5, 0.6) is 0 Å². The van der Waals surface area contributed by atoms with E-state index in [2.05, 4.69) is 24.5 Å². The molecule has 42 heavy (non-hydrogen) atoms. The number of benzene rings is 2. The maximum Gasteiger partial charge on any atom is 0.246 e. The lowest BCUT2D eigenvalue weighted by molar-refractivity contribution is -0.144. The second-order valence-corrected chi connectivity index (χ2v) is 12.6. The number of fused-ring (bicyclic) bond motifs is 1. The molecule has 2 aromatic rings. The Bertz CT molecular complexity index is 1330. The first kappa shape index (κ1) is 31.5. The number of nitrogens with two attached hydrogens (primary N) is 1. The number of rotatable bonds is 9. The number of aryl methyl sites for hydroxylation is 1. The first-order chi connectivity index (χ1) is 20.0. The van der Waals surface area contributed by atoms with Crippen LogP contribution >= 0.6 is 11.6 Å².